The lowest BCUT2D eigenvalue weighted by Crippen LogP contribution is -2.44. The van der Waals surface area contributed by atoms with E-state index in [1.807, 2.05) is 0 Å². The second-order valence-electron chi connectivity index (χ2n) is 4.49. The first-order valence-electron chi connectivity index (χ1n) is 4.67. The third kappa shape index (κ3) is 2.94. The summed E-state index contributed by atoms with van der Waals surface area (Å²) in [6.45, 7) is 3.83. The monoisotopic (exact) mass is 203 g/mol. The molecule has 5 heteroatoms. The van der Waals surface area contributed by atoms with Crippen LogP contribution >= 0.6 is 0 Å². The number of aliphatic carboxylic acids is 1. The maximum Gasteiger partial charge on any atom is 0.321 e. The van der Waals surface area contributed by atoms with Crippen molar-refractivity contribution >= 4 is 5.97 Å². The van der Waals surface area contributed by atoms with Gasteiger partial charge in [-0.2, -0.15) is 0 Å². The highest BCUT2D eigenvalue weighted by Crippen LogP contribution is 2.20. The van der Waals surface area contributed by atoms with Gasteiger partial charge in [-0.1, -0.05) is 0 Å². The van der Waals surface area contributed by atoms with Crippen LogP contribution in [0.1, 0.15) is 20.3 Å². The predicted molar refractivity (Wildman–Crippen MR) is 49.9 cm³/mol. The number of β-amino-alcohol motifs (C(OH)–C–C–N with tert-alkyl or cyclic N) is 2. The van der Waals surface area contributed by atoms with Gasteiger partial charge in [0.05, 0.1) is 11.7 Å². The van der Waals surface area contributed by atoms with E-state index in [-0.39, 0.29) is 13.0 Å². The number of nitrogens with zero attached hydrogens (tertiary/aromatic N) is 1. The summed E-state index contributed by atoms with van der Waals surface area (Å²) in [5.74, 6) is -0.939. The molecule has 1 aliphatic heterocycles. The molecular formula is C9H17NO4. The van der Waals surface area contributed by atoms with Crippen LogP contribution in [0.4, 0.5) is 0 Å². The maximum absolute atomic E-state index is 10.8. The summed E-state index contributed by atoms with van der Waals surface area (Å²) in [6.07, 6.45) is -0.357. The number of carboxylic acids is 1. The van der Waals surface area contributed by atoms with E-state index in [9.17, 15) is 15.0 Å². The molecule has 1 heterocycles. The van der Waals surface area contributed by atoms with Crippen molar-refractivity contribution < 1.29 is 20.1 Å². The van der Waals surface area contributed by atoms with E-state index in [1.54, 1.807) is 18.7 Å². The molecule has 0 aromatic rings. The Morgan fingerprint density at radius 1 is 1.57 bits per heavy atom. The lowest BCUT2D eigenvalue weighted by molar-refractivity contribution is -0.143. The summed E-state index contributed by atoms with van der Waals surface area (Å²) in [7, 11) is 0. The van der Waals surface area contributed by atoms with E-state index in [0.717, 1.165) is 0 Å². The average Bonchev–Trinajstić information content (AvgIpc) is 2.27. The average molecular weight is 203 g/mol. The molecule has 0 aromatic heterocycles. The van der Waals surface area contributed by atoms with Gasteiger partial charge in [0.1, 0.15) is 6.04 Å². The zero-order valence-electron chi connectivity index (χ0n) is 8.47. The highest BCUT2D eigenvalue weighted by molar-refractivity contribution is 5.74. The molecule has 0 saturated carbocycles. The van der Waals surface area contributed by atoms with Crippen LogP contribution in [0.15, 0.2) is 0 Å². The van der Waals surface area contributed by atoms with Gasteiger partial charge in [-0.3, -0.25) is 9.69 Å². The highest BCUT2D eigenvalue weighted by atomic mass is 16.4. The topological polar surface area (TPSA) is 81.0 Å². The normalized spacial score (nSPS) is 29.4. The summed E-state index contributed by atoms with van der Waals surface area (Å²) in [5.41, 5.74) is -0.933. The Morgan fingerprint density at radius 2 is 2.14 bits per heavy atom. The number of carboxylic acid groups (broad SMARTS) is 1. The van der Waals surface area contributed by atoms with Crippen molar-refractivity contribution in [2.24, 2.45) is 0 Å². The number of hydrogen-bond donors (Lipinski definition) is 3. The van der Waals surface area contributed by atoms with E-state index in [4.69, 9.17) is 5.11 Å². The largest absolute Gasteiger partial charge is 0.480 e. The number of hydrogen-bond acceptors (Lipinski definition) is 4. The molecular weight excluding hydrogens is 186 g/mol. The van der Waals surface area contributed by atoms with E-state index in [1.165, 1.54) is 0 Å². The maximum atomic E-state index is 10.8. The van der Waals surface area contributed by atoms with Gasteiger partial charge in [-0.05, 0) is 13.8 Å². The summed E-state index contributed by atoms with van der Waals surface area (Å²) in [4.78, 5) is 12.4. The minimum Gasteiger partial charge on any atom is -0.480 e. The number of rotatable bonds is 3. The lowest BCUT2D eigenvalue weighted by atomic mass is 10.1. The number of carbonyl (C=O) groups is 1. The molecule has 1 saturated heterocycles. The molecule has 82 valence electrons. The molecule has 1 rings (SSSR count). The lowest BCUT2D eigenvalue weighted by Gasteiger charge is -2.27. The Hall–Kier alpha value is -0.650. The molecule has 2 atom stereocenters. The first-order chi connectivity index (χ1) is 6.29. The predicted octanol–water partition coefficient (Wildman–Crippen LogP) is -0.723. The Morgan fingerprint density at radius 3 is 2.57 bits per heavy atom. The van der Waals surface area contributed by atoms with Crippen molar-refractivity contribution in [1.82, 2.24) is 4.90 Å². The molecule has 5 nitrogen and oxygen atoms in total. The van der Waals surface area contributed by atoms with Gasteiger partial charge in [-0.15, -0.1) is 0 Å². The summed E-state index contributed by atoms with van der Waals surface area (Å²) >= 11 is 0. The molecule has 3 N–H and O–H groups in total. The smallest absolute Gasteiger partial charge is 0.321 e. The van der Waals surface area contributed by atoms with Crippen LogP contribution in [0.2, 0.25) is 0 Å². The first kappa shape index (κ1) is 11.4. The van der Waals surface area contributed by atoms with Crippen LogP contribution in [0.25, 0.3) is 0 Å². The molecule has 0 aliphatic carbocycles. The van der Waals surface area contributed by atoms with Gasteiger partial charge in [0.2, 0.25) is 0 Å². The van der Waals surface area contributed by atoms with Crippen molar-refractivity contribution in [3.63, 3.8) is 0 Å². The van der Waals surface area contributed by atoms with Crippen molar-refractivity contribution in [2.75, 3.05) is 13.1 Å². The van der Waals surface area contributed by atoms with Crippen molar-refractivity contribution in [2.45, 2.75) is 38.0 Å². The van der Waals surface area contributed by atoms with E-state index < -0.39 is 23.7 Å². The van der Waals surface area contributed by atoms with Crippen LogP contribution in [0, 0.1) is 0 Å². The number of likely N-dealkylation sites (tertiary alicyclic amines) is 1. The minimum atomic E-state index is -0.939. The number of aliphatic hydroxyl groups is 2. The standard InChI is InChI=1S/C9H17NO4/c1-9(2,14)5-10-4-6(11)3-7(10)8(12)13/h6-7,11,14H,3-5H2,1-2H3,(H,12,13). The highest BCUT2D eigenvalue weighted by Gasteiger charge is 2.37. The van der Waals surface area contributed by atoms with Crippen LogP contribution in [0.3, 0.4) is 0 Å². The summed E-state index contributed by atoms with van der Waals surface area (Å²) in [6, 6.07) is -0.670. The Balaban J connectivity index is 2.62. The Labute approximate surface area is 83.0 Å². The molecule has 0 radical (unpaired) electrons. The van der Waals surface area contributed by atoms with Crippen LogP contribution in [0.5, 0.6) is 0 Å². The van der Waals surface area contributed by atoms with Crippen LogP contribution < -0.4 is 0 Å². The van der Waals surface area contributed by atoms with Gasteiger partial charge < -0.3 is 15.3 Å². The molecule has 2 unspecified atom stereocenters. The van der Waals surface area contributed by atoms with Gasteiger partial charge in [0.25, 0.3) is 0 Å². The zero-order chi connectivity index (χ0) is 10.9. The third-order valence-electron chi connectivity index (χ3n) is 2.26. The van der Waals surface area contributed by atoms with Gasteiger partial charge >= 0.3 is 5.97 Å². The van der Waals surface area contributed by atoms with E-state index in [0.29, 0.717) is 6.54 Å². The molecule has 0 spiro atoms. The Bertz CT molecular complexity index is 223. The fourth-order valence-electron chi connectivity index (χ4n) is 1.81. The molecule has 1 fully saturated rings. The molecule has 0 bridgehead atoms. The molecule has 0 amide bonds. The van der Waals surface area contributed by atoms with Gasteiger partial charge in [0, 0.05) is 19.5 Å². The van der Waals surface area contributed by atoms with E-state index in [2.05, 4.69) is 0 Å². The second-order valence-corrected chi connectivity index (χ2v) is 4.49. The molecule has 0 aromatic carbocycles. The van der Waals surface area contributed by atoms with Crippen molar-refractivity contribution in [3.05, 3.63) is 0 Å². The van der Waals surface area contributed by atoms with Crippen molar-refractivity contribution in [1.29, 1.82) is 0 Å². The SMILES string of the molecule is CC(C)(O)CN1CC(O)CC1C(=O)O. The van der Waals surface area contributed by atoms with Crippen molar-refractivity contribution in [3.8, 4) is 0 Å². The summed E-state index contributed by atoms with van der Waals surface area (Å²) < 4.78 is 0. The van der Waals surface area contributed by atoms with Gasteiger partial charge in [-0.25, -0.2) is 0 Å². The summed E-state index contributed by atoms with van der Waals surface area (Å²) in [5, 5.41) is 27.7. The number of aliphatic hydroxyl groups excluding tert-OH is 1. The quantitative estimate of drug-likeness (QED) is 0.564. The minimum absolute atomic E-state index is 0.241. The second kappa shape index (κ2) is 3.84. The van der Waals surface area contributed by atoms with Crippen LogP contribution in [-0.2, 0) is 4.79 Å². The van der Waals surface area contributed by atoms with E-state index >= 15 is 0 Å². The molecule has 14 heavy (non-hydrogen) atoms. The zero-order valence-corrected chi connectivity index (χ0v) is 8.47. The van der Waals surface area contributed by atoms with Gasteiger partial charge in [0.15, 0.2) is 0 Å². The fraction of sp³-hybridized carbons (Fsp3) is 0.889. The Kier molecular flexibility index (Phi) is 3.14. The van der Waals surface area contributed by atoms with Crippen LogP contribution in [-0.4, -0.2) is 57.0 Å². The molecule has 1 aliphatic rings. The fourth-order valence-corrected chi connectivity index (χ4v) is 1.81. The third-order valence-corrected chi connectivity index (χ3v) is 2.26. The first-order valence-corrected chi connectivity index (χ1v) is 4.67.